The quantitative estimate of drug-likeness (QED) is 0.654. The van der Waals surface area contributed by atoms with Crippen LogP contribution >= 0.6 is 11.8 Å². The average molecular weight is 354 g/mol. The molecule has 0 spiro atoms. The van der Waals surface area contributed by atoms with Crippen molar-refractivity contribution < 1.29 is 10.2 Å². The first-order chi connectivity index (χ1) is 12.2. The summed E-state index contributed by atoms with van der Waals surface area (Å²) in [7, 11) is 0. The van der Waals surface area contributed by atoms with Gasteiger partial charge in [0.25, 0.3) is 0 Å². The van der Waals surface area contributed by atoms with Crippen LogP contribution in [-0.4, -0.2) is 40.2 Å². The van der Waals surface area contributed by atoms with Crippen molar-refractivity contribution in [2.24, 2.45) is 0 Å². The molecule has 0 bridgehead atoms. The van der Waals surface area contributed by atoms with Gasteiger partial charge in [-0.3, -0.25) is 0 Å². The molecule has 0 aliphatic heterocycles. The third-order valence-electron chi connectivity index (χ3n) is 3.42. The highest BCUT2D eigenvalue weighted by Gasteiger charge is 2.21. The van der Waals surface area contributed by atoms with E-state index in [-0.39, 0.29) is 12.4 Å². The number of benzene rings is 1. The van der Waals surface area contributed by atoms with E-state index in [1.54, 1.807) is 0 Å². The smallest absolute Gasteiger partial charge is 0.146 e. The van der Waals surface area contributed by atoms with E-state index in [0.717, 1.165) is 5.56 Å². The molecule has 0 fully saturated rings. The van der Waals surface area contributed by atoms with Gasteiger partial charge in [-0.05, 0) is 12.5 Å². The summed E-state index contributed by atoms with van der Waals surface area (Å²) in [6.45, 7) is 2.10. The minimum Gasteiger partial charge on any atom is -0.394 e. The molecule has 2 rings (SSSR count). The summed E-state index contributed by atoms with van der Waals surface area (Å²) in [5, 5.41) is 41.4. The topological polar surface area (TPSA) is 113 Å². The Morgan fingerprint density at radius 1 is 1.20 bits per heavy atom. The number of aromatic nitrogens is 1. The predicted molar refractivity (Wildman–Crippen MR) is 97.1 cm³/mol. The lowest BCUT2D eigenvalue weighted by molar-refractivity contribution is 0.113. The zero-order valence-corrected chi connectivity index (χ0v) is 14.5. The molecule has 2 aromatic rings. The van der Waals surface area contributed by atoms with Gasteiger partial charge >= 0.3 is 0 Å². The number of hydrogen-bond acceptors (Lipinski definition) is 7. The normalized spacial score (nSPS) is 11.4. The van der Waals surface area contributed by atoms with E-state index in [9.17, 15) is 15.6 Å². The monoisotopic (exact) mass is 354 g/mol. The Bertz CT molecular complexity index is 813. The molecule has 0 aliphatic rings. The SMILES string of the molecule is CCNc1nc(SCC(O)CO)c(C#N)c(-c2ccccc2)c1C#N. The van der Waals surface area contributed by atoms with Gasteiger partial charge in [0.2, 0.25) is 0 Å². The number of nitrogens with zero attached hydrogens (tertiary/aromatic N) is 3. The first-order valence-corrected chi connectivity index (χ1v) is 8.74. The zero-order chi connectivity index (χ0) is 18.2. The molecule has 25 heavy (non-hydrogen) atoms. The number of thioether (sulfide) groups is 1. The molecule has 128 valence electrons. The van der Waals surface area contributed by atoms with Gasteiger partial charge in [0.05, 0.1) is 18.3 Å². The lowest BCUT2D eigenvalue weighted by Crippen LogP contribution is -2.15. The van der Waals surface area contributed by atoms with Crippen LogP contribution in [0.25, 0.3) is 11.1 Å². The van der Waals surface area contributed by atoms with Crippen molar-refractivity contribution in [1.82, 2.24) is 4.98 Å². The molecule has 0 aliphatic carbocycles. The first kappa shape index (κ1) is 18.8. The Balaban J connectivity index is 2.67. The van der Waals surface area contributed by atoms with Gasteiger partial charge in [-0.2, -0.15) is 10.5 Å². The molecule has 0 amide bonds. The molecule has 3 N–H and O–H groups in total. The summed E-state index contributed by atoms with van der Waals surface area (Å²) in [4.78, 5) is 4.41. The number of aliphatic hydroxyl groups excluding tert-OH is 2. The lowest BCUT2D eigenvalue weighted by atomic mass is 9.97. The molecule has 1 aromatic heterocycles. The number of pyridine rings is 1. The van der Waals surface area contributed by atoms with Gasteiger partial charge < -0.3 is 15.5 Å². The highest BCUT2D eigenvalue weighted by atomic mass is 32.2. The summed E-state index contributed by atoms with van der Waals surface area (Å²) in [5.41, 5.74) is 1.88. The second-order valence-corrected chi connectivity index (χ2v) is 6.17. The van der Waals surface area contributed by atoms with E-state index < -0.39 is 6.10 Å². The maximum Gasteiger partial charge on any atom is 0.146 e. The van der Waals surface area contributed by atoms with E-state index >= 15 is 0 Å². The first-order valence-electron chi connectivity index (χ1n) is 7.75. The second-order valence-electron chi connectivity index (χ2n) is 5.16. The van der Waals surface area contributed by atoms with Crippen LogP contribution in [0.4, 0.5) is 5.82 Å². The third-order valence-corrected chi connectivity index (χ3v) is 4.54. The molecule has 1 unspecified atom stereocenters. The number of aliphatic hydroxyl groups is 2. The fourth-order valence-electron chi connectivity index (χ4n) is 2.30. The third kappa shape index (κ3) is 4.28. The van der Waals surface area contributed by atoms with Crippen LogP contribution in [0.15, 0.2) is 35.4 Å². The minimum atomic E-state index is -0.906. The summed E-state index contributed by atoms with van der Waals surface area (Å²) < 4.78 is 0. The van der Waals surface area contributed by atoms with Crippen LogP contribution in [0.5, 0.6) is 0 Å². The molecule has 0 saturated carbocycles. The summed E-state index contributed by atoms with van der Waals surface area (Å²) in [5.74, 6) is 0.605. The second kappa shape index (κ2) is 9.05. The van der Waals surface area contributed by atoms with Gasteiger partial charge in [0.15, 0.2) is 0 Å². The summed E-state index contributed by atoms with van der Waals surface area (Å²) >= 11 is 1.18. The molecular formula is C18H18N4O2S. The van der Waals surface area contributed by atoms with E-state index in [1.807, 2.05) is 37.3 Å². The highest BCUT2D eigenvalue weighted by Crippen LogP contribution is 2.36. The Labute approximate surface area is 150 Å². The van der Waals surface area contributed by atoms with Crippen molar-refractivity contribution in [3.05, 3.63) is 41.5 Å². The van der Waals surface area contributed by atoms with Crippen molar-refractivity contribution >= 4 is 17.6 Å². The molecule has 1 atom stereocenters. The largest absolute Gasteiger partial charge is 0.394 e. The molecule has 7 heteroatoms. The van der Waals surface area contributed by atoms with Crippen molar-refractivity contribution in [2.75, 3.05) is 24.2 Å². The van der Waals surface area contributed by atoms with E-state index in [2.05, 4.69) is 22.4 Å². The molecule has 1 heterocycles. The van der Waals surface area contributed by atoms with E-state index in [1.165, 1.54) is 11.8 Å². The highest BCUT2D eigenvalue weighted by molar-refractivity contribution is 7.99. The standard InChI is InChI=1S/C18H18N4O2S/c1-2-21-17-14(8-19)16(12-6-4-3-5-7-12)15(9-20)18(22-17)25-11-13(24)10-23/h3-7,13,23-24H,2,10-11H2,1H3,(H,21,22). The molecule has 0 radical (unpaired) electrons. The molecule has 0 saturated heterocycles. The fourth-order valence-corrected chi connectivity index (χ4v) is 3.20. The zero-order valence-electron chi connectivity index (χ0n) is 13.7. The van der Waals surface area contributed by atoms with E-state index in [0.29, 0.717) is 34.1 Å². The molecular weight excluding hydrogens is 336 g/mol. The Kier molecular flexibility index (Phi) is 6.79. The van der Waals surface area contributed by atoms with Crippen LogP contribution in [-0.2, 0) is 0 Å². The van der Waals surface area contributed by atoms with Gasteiger partial charge in [-0.25, -0.2) is 4.98 Å². The van der Waals surface area contributed by atoms with Gasteiger partial charge in [-0.15, -0.1) is 11.8 Å². The maximum absolute atomic E-state index is 9.68. The average Bonchev–Trinajstić information content (AvgIpc) is 2.66. The van der Waals surface area contributed by atoms with Crippen molar-refractivity contribution in [1.29, 1.82) is 10.5 Å². The van der Waals surface area contributed by atoms with Crippen LogP contribution in [0.1, 0.15) is 18.1 Å². The lowest BCUT2D eigenvalue weighted by Gasteiger charge is -2.16. The molecule has 6 nitrogen and oxygen atoms in total. The fraction of sp³-hybridized carbons (Fsp3) is 0.278. The van der Waals surface area contributed by atoms with Gasteiger partial charge in [-0.1, -0.05) is 30.3 Å². The molecule has 1 aromatic carbocycles. The number of rotatable bonds is 7. The van der Waals surface area contributed by atoms with Crippen LogP contribution < -0.4 is 5.32 Å². The van der Waals surface area contributed by atoms with Gasteiger partial charge in [0.1, 0.15) is 28.5 Å². The van der Waals surface area contributed by atoms with E-state index in [4.69, 9.17) is 5.11 Å². The Morgan fingerprint density at radius 2 is 1.88 bits per heavy atom. The predicted octanol–water partition coefficient (Wildman–Crippen LogP) is 2.37. The summed E-state index contributed by atoms with van der Waals surface area (Å²) in [6, 6.07) is 13.5. The Morgan fingerprint density at radius 3 is 2.44 bits per heavy atom. The summed E-state index contributed by atoms with van der Waals surface area (Å²) in [6.07, 6.45) is -0.906. The van der Waals surface area contributed by atoms with Crippen molar-refractivity contribution in [2.45, 2.75) is 18.1 Å². The number of nitrogens with one attached hydrogen (secondary N) is 1. The van der Waals surface area contributed by atoms with Crippen molar-refractivity contribution in [3.63, 3.8) is 0 Å². The van der Waals surface area contributed by atoms with Crippen LogP contribution in [0.3, 0.4) is 0 Å². The van der Waals surface area contributed by atoms with Crippen LogP contribution in [0.2, 0.25) is 0 Å². The number of hydrogen-bond donors (Lipinski definition) is 3. The Hall–Kier alpha value is -2.58. The van der Waals surface area contributed by atoms with Crippen molar-refractivity contribution in [3.8, 4) is 23.3 Å². The maximum atomic E-state index is 9.68. The van der Waals surface area contributed by atoms with Crippen LogP contribution in [0, 0.1) is 22.7 Å². The van der Waals surface area contributed by atoms with Gasteiger partial charge in [0, 0.05) is 17.9 Å². The minimum absolute atomic E-state index is 0.198. The number of nitriles is 2. The number of anilines is 1.